The van der Waals surface area contributed by atoms with Gasteiger partial charge in [-0.1, -0.05) is 44.6 Å². The molecule has 0 aromatic rings. The second-order valence-corrected chi connectivity index (χ2v) is 5.40. The average molecular weight is 269 g/mol. The van der Waals surface area contributed by atoms with Gasteiger partial charge in [0.15, 0.2) is 0 Å². The molecule has 2 unspecified atom stereocenters. The van der Waals surface area contributed by atoms with Gasteiger partial charge in [0.25, 0.3) is 0 Å². The van der Waals surface area contributed by atoms with E-state index in [1.807, 2.05) is 12.2 Å². The number of hydrogen-bond acceptors (Lipinski definition) is 1. The van der Waals surface area contributed by atoms with E-state index in [1.165, 1.54) is 16.7 Å². The molecule has 108 valence electrons. The maximum Gasteiger partial charge on any atom is 0.0318 e. The molecule has 1 nitrogen and oxygen atoms in total. The van der Waals surface area contributed by atoms with Crippen molar-refractivity contribution in [2.24, 2.45) is 11.7 Å². The molecule has 0 aromatic carbocycles. The van der Waals surface area contributed by atoms with Crippen LogP contribution < -0.4 is 5.73 Å². The highest BCUT2D eigenvalue weighted by molar-refractivity contribution is 5.51. The predicted molar refractivity (Wildman–Crippen MR) is 89.4 cm³/mol. The normalized spacial score (nSPS) is 18.1. The Balaban J connectivity index is 3.00. The Labute approximate surface area is 124 Å². The van der Waals surface area contributed by atoms with Gasteiger partial charge in [-0.15, -0.1) is 5.73 Å². The molecule has 0 aromatic heterocycles. The van der Waals surface area contributed by atoms with Crippen LogP contribution in [0.25, 0.3) is 0 Å². The zero-order chi connectivity index (χ0) is 15.1. The quantitative estimate of drug-likeness (QED) is 0.541. The van der Waals surface area contributed by atoms with Crippen molar-refractivity contribution in [3.05, 3.63) is 65.0 Å². The molecule has 1 heteroatoms. The summed E-state index contributed by atoms with van der Waals surface area (Å²) < 4.78 is 0. The van der Waals surface area contributed by atoms with Crippen LogP contribution in [-0.4, -0.2) is 6.04 Å². The molecule has 20 heavy (non-hydrogen) atoms. The Bertz CT molecular complexity index is 508. The predicted octanol–water partition coefficient (Wildman–Crippen LogP) is 4.85. The molecule has 0 saturated heterocycles. The fourth-order valence-corrected chi connectivity index (χ4v) is 2.60. The summed E-state index contributed by atoms with van der Waals surface area (Å²) >= 11 is 0. The minimum absolute atomic E-state index is 0.00930. The zero-order valence-electron chi connectivity index (χ0n) is 13.2. The van der Waals surface area contributed by atoms with Gasteiger partial charge in [-0.05, 0) is 55.2 Å². The molecule has 0 spiro atoms. The molecule has 1 rings (SSSR count). The van der Waals surface area contributed by atoms with E-state index in [-0.39, 0.29) is 12.0 Å². The SMILES string of the molecule is C=C(CCC)C(N)C(C)/C(=C/C)C1=CC=C=CC=C1C. The number of hydrogen-bond donors (Lipinski definition) is 1. The molecule has 0 heterocycles. The summed E-state index contributed by atoms with van der Waals surface area (Å²) in [6.45, 7) is 12.7. The lowest BCUT2D eigenvalue weighted by molar-refractivity contribution is 0.561. The summed E-state index contributed by atoms with van der Waals surface area (Å²) in [6.07, 6.45) is 12.4. The molecule has 0 bridgehead atoms. The van der Waals surface area contributed by atoms with Gasteiger partial charge in [0, 0.05) is 12.0 Å². The summed E-state index contributed by atoms with van der Waals surface area (Å²) in [5, 5.41) is 0. The summed E-state index contributed by atoms with van der Waals surface area (Å²) in [6, 6.07) is 0.00930. The summed E-state index contributed by atoms with van der Waals surface area (Å²) in [5.74, 6) is 0.264. The zero-order valence-corrected chi connectivity index (χ0v) is 13.2. The van der Waals surface area contributed by atoms with E-state index in [1.54, 1.807) is 0 Å². The van der Waals surface area contributed by atoms with Crippen molar-refractivity contribution >= 4 is 0 Å². The minimum atomic E-state index is 0.00930. The topological polar surface area (TPSA) is 26.0 Å². The summed E-state index contributed by atoms with van der Waals surface area (Å²) in [4.78, 5) is 0. The molecule has 0 saturated carbocycles. The fourth-order valence-electron chi connectivity index (χ4n) is 2.60. The monoisotopic (exact) mass is 269 g/mol. The first-order valence-electron chi connectivity index (χ1n) is 7.42. The second-order valence-electron chi connectivity index (χ2n) is 5.40. The largest absolute Gasteiger partial charge is 0.324 e. The minimum Gasteiger partial charge on any atom is -0.324 e. The van der Waals surface area contributed by atoms with E-state index in [2.05, 4.69) is 58.2 Å². The van der Waals surface area contributed by atoms with Gasteiger partial charge in [-0.3, -0.25) is 0 Å². The van der Waals surface area contributed by atoms with E-state index in [4.69, 9.17) is 5.73 Å². The first-order valence-corrected chi connectivity index (χ1v) is 7.42. The van der Waals surface area contributed by atoms with Gasteiger partial charge in [-0.2, -0.15) is 0 Å². The second kappa shape index (κ2) is 7.89. The molecule has 0 fully saturated rings. The molecule has 2 atom stereocenters. The van der Waals surface area contributed by atoms with Crippen LogP contribution in [0.15, 0.2) is 65.0 Å². The molecule has 1 aliphatic carbocycles. The van der Waals surface area contributed by atoms with Crippen molar-refractivity contribution in [3.63, 3.8) is 0 Å². The lowest BCUT2D eigenvalue weighted by atomic mass is 9.82. The highest BCUT2D eigenvalue weighted by Gasteiger charge is 2.21. The average Bonchev–Trinajstić information content (AvgIpc) is 2.64. The maximum absolute atomic E-state index is 6.39. The highest BCUT2D eigenvalue weighted by atomic mass is 14.7. The van der Waals surface area contributed by atoms with Crippen LogP contribution in [0, 0.1) is 5.92 Å². The molecule has 1 aliphatic rings. The first-order chi connectivity index (χ1) is 9.52. The van der Waals surface area contributed by atoms with Crippen molar-refractivity contribution in [3.8, 4) is 0 Å². The molecular weight excluding hydrogens is 242 g/mol. The Hall–Kier alpha value is -1.56. The third-order valence-electron chi connectivity index (χ3n) is 3.89. The van der Waals surface area contributed by atoms with Gasteiger partial charge in [0.2, 0.25) is 0 Å². The summed E-state index contributed by atoms with van der Waals surface area (Å²) in [5.41, 5.74) is 14.4. The van der Waals surface area contributed by atoms with Gasteiger partial charge in [0.1, 0.15) is 0 Å². The van der Waals surface area contributed by atoms with E-state index in [0.717, 1.165) is 18.4 Å². The van der Waals surface area contributed by atoms with Crippen LogP contribution in [-0.2, 0) is 0 Å². The smallest absolute Gasteiger partial charge is 0.0318 e. The Morgan fingerprint density at radius 1 is 1.40 bits per heavy atom. The van der Waals surface area contributed by atoms with E-state index >= 15 is 0 Å². The van der Waals surface area contributed by atoms with Crippen LogP contribution in [0.4, 0.5) is 0 Å². The first kappa shape index (κ1) is 16.5. The maximum atomic E-state index is 6.39. The number of allylic oxidation sites excluding steroid dienone is 6. The Kier molecular flexibility index (Phi) is 6.51. The van der Waals surface area contributed by atoms with Gasteiger partial charge in [-0.25, -0.2) is 0 Å². The molecule has 0 radical (unpaired) electrons. The van der Waals surface area contributed by atoms with Crippen LogP contribution >= 0.6 is 0 Å². The standard InChI is InChI=1S/C19H27N/c1-6-11-15(4)19(20)16(5)17(7-2)18-13-10-8-9-12-14(18)3/h7,9-10,12-13,16,19H,4,6,11,20H2,1-3,5H3/b17-7-. The van der Waals surface area contributed by atoms with Crippen LogP contribution in [0.5, 0.6) is 0 Å². The third-order valence-corrected chi connectivity index (χ3v) is 3.89. The Morgan fingerprint density at radius 3 is 2.65 bits per heavy atom. The van der Waals surface area contributed by atoms with Crippen LogP contribution in [0.2, 0.25) is 0 Å². The van der Waals surface area contributed by atoms with Crippen molar-refractivity contribution in [2.75, 3.05) is 0 Å². The molecule has 2 N–H and O–H groups in total. The molecular formula is C19H27N. The number of nitrogens with two attached hydrogens (primary N) is 1. The van der Waals surface area contributed by atoms with Gasteiger partial charge >= 0.3 is 0 Å². The van der Waals surface area contributed by atoms with Gasteiger partial charge in [0.05, 0.1) is 0 Å². The van der Waals surface area contributed by atoms with E-state index < -0.39 is 0 Å². The lowest BCUT2D eigenvalue weighted by Gasteiger charge is -2.26. The van der Waals surface area contributed by atoms with Gasteiger partial charge < -0.3 is 5.73 Å². The Morgan fingerprint density at radius 2 is 2.05 bits per heavy atom. The third kappa shape index (κ3) is 3.96. The van der Waals surface area contributed by atoms with Crippen LogP contribution in [0.1, 0.15) is 40.5 Å². The van der Waals surface area contributed by atoms with Crippen molar-refractivity contribution in [1.82, 2.24) is 0 Å². The van der Waals surface area contributed by atoms with Crippen LogP contribution in [0.3, 0.4) is 0 Å². The highest BCUT2D eigenvalue weighted by Crippen LogP contribution is 2.30. The lowest BCUT2D eigenvalue weighted by Crippen LogP contribution is -2.31. The summed E-state index contributed by atoms with van der Waals surface area (Å²) in [7, 11) is 0. The molecule has 0 amide bonds. The van der Waals surface area contributed by atoms with E-state index in [9.17, 15) is 0 Å². The fraction of sp³-hybridized carbons (Fsp3) is 0.421. The number of rotatable bonds is 6. The van der Waals surface area contributed by atoms with Crippen molar-refractivity contribution in [2.45, 2.75) is 46.6 Å². The van der Waals surface area contributed by atoms with Crippen molar-refractivity contribution in [1.29, 1.82) is 0 Å². The van der Waals surface area contributed by atoms with Crippen molar-refractivity contribution < 1.29 is 0 Å². The van der Waals surface area contributed by atoms with E-state index in [0.29, 0.717) is 0 Å². The molecule has 0 aliphatic heterocycles.